The van der Waals surface area contributed by atoms with E-state index in [0.29, 0.717) is 6.42 Å². The first-order chi connectivity index (χ1) is 10.2. The number of halogens is 2. The zero-order valence-electron chi connectivity index (χ0n) is 11.3. The fourth-order valence-electron chi connectivity index (χ4n) is 1.64. The van der Waals surface area contributed by atoms with Gasteiger partial charge in [0.25, 0.3) is 0 Å². The first-order valence-electron chi connectivity index (χ1n) is 6.45. The lowest BCUT2D eigenvalue weighted by Gasteiger charge is -2.06. The smallest absolute Gasteiger partial charge is 0.162 e. The topological polar surface area (TPSA) is 29.5 Å². The Kier molecular flexibility index (Phi) is 5.30. The molecule has 2 rings (SSSR count). The van der Waals surface area contributed by atoms with Gasteiger partial charge in [-0.15, -0.1) is 0 Å². The van der Waals surface area contributed by atoms with Gasteiger partial charge in [-0.25, -0.2) is 8.78 Å². The summed E-state index contributed by atoms with van der Waals surface area (Å²) in [5, 5.41) is 8.63. The van der Waals surface area contributed by atoms with Crippen LogP contribution in [0.2, 0.25) is 0 Å². The monoisotopic (exact) mass is 288 g/mol. The molecule has 2 nitrogen and oxygen atoms in total. The quantitative estimate of drug-likeness (QED) is 0.875. The Hall–Kier alpha value is -2.38. The highest BCUT2D eigenvalue weighted by molar-refractivity contribution is 5.36. The normalized spacial score (nSPS) is 9.86. The molecular weight excluding hydrogens is 274 g/mol. The number of aliphatic hydroxyl groups excluding tert-OH is 1. The predicted molar refractivity (Wildman–Crippen MR) is 75.7 cm³/mol. The summed E-state index contributed by atoms with van der Waals surface area (Å²) >= 11 is 0. The lowest BCUT2D eigenvalue weighted by Crippen LogP contribution is -1.96. The van der Waals surface area contributed by atoms with Gasteiger partial charge in [-0.05, 0) is 29.8 Å². The van der Waals surface area contributed by atoms with E-state index in [-0.39, 0.29) is 19.0 Å². The maximum atomic E-state index is 13.0. The summed E-state index contributed by atoms with van der Waals surface area (Å²) in [7, 11) is 0. The van der Waals surface area contributed by atoms with Crippen LogP contribution < -0.4 is 4.74 Å². The second kappa shape index (κ2) is 7.41. The van der Waals surface area contributed by atoms with Gasteiger partial charge < -0.3 is 9.84 Å². The van der Waals surface area contributed by atoms with Crippen molar-refractivity contribution in [3.8, 4) is 17.6 Å². The van der Waals surface area contributed by atoms with Crippen molar-refractivity contribution in [2.24, 2.45) is 0 Å². The molecule has 0 spiro atoms. The number of hydrogen-bond acceptors (Lipinski definition) is 2. The van der Waals surface area contributed by atoms with E-state index >= 15 is 0 Å². The predicted octanol–water partition coefficient (Wildman–Crippen LogP) is 3.28. The van der Waals surface area contributed by atoms with Crippen LogP contribution in [0.1, 0.15) is 17.5 Å². The van der Waals surface area contributed by atoms with Crippen molar-refractivity contribution >= 4 is 0 Å². The molecule has 0 aliphatic heterocycles. The molecule has 0 aromatic heterocycles. The summed E-state index contributed by atoms with van der Waals surface area (Å²) in [6.45, 7) is 0.308. The Morgan fingerprint density at radius 3 is 2.43 bits per heavy atom. The van der Waals surface area contributed by atoms with Gasteiger partial charge in [0, 0.05) is 18.1 Å². The van der Waals surface area contributed by atoms with Crippen LogP contribution in [0.25, 0.3) is 0 Å². The molecule has 0 atom stereocenters. The molecular formula is C17H14F2O2. The van der Waals surface area contributed by atoms with Crippen LogP contribution in [0.4, 0.5) is 8.78 Å². The van der Waals surface area contributed by atoms with Crippen LogP contribution in [0.5, 0.6) is 5.75 Å². The van der Waals surface area contributed by atoms with Gasteiger partial charge in [0.1, 0.15) is 12.4 Å². The average molecular weight is 288 g/mol. The molecule has 0 unspecified atom stereocenters. The third-order valence-corrected chi connectivity index (χ3v) is 2.72. The zero-order chi connectivity index (χ0) is 15.1. The van der Waals surface area contributed by atoms with Crippen LogP contribution in [0.15, 0.2) is 42.5 Å². The van der Waals surface area contributed by atoms with Crippen LogP contribution in [-0.4, -0.2) is 11.7 Å². The summed E-state index contributed by atoms with van der Waals surface area (Å²) in [5.74, 6) is 4.20. The highest BCUT2D eigenvalue weighted by Crippen LogP contribution is 2.17. The first kappa shape index (κ1) is 15.0. The second-order valence-electron chi connectivity index (χ2n) is 4.34. The van der Waals surface area contributed by atoms with Crippen molar-refractivity contribution < 1.29 is 18.6 Å². The molecule has 0 heterocycles. The minimum absolute atomic E-state index is 0.0488. The molecule has 108 valence electrons. The van der Waals surface area contributed by atoms with E-state index in [1.807, 2.05) is 24.3 Å². The fraction of sp³-hybridized carbons (Fsp3) is 0.176. The Bertz CT molecular complexity index is 655. The first-order valence-corrected chi connectivity index (χ1v) is 6.45. The van der Waals surface area contributed by atoms with Crippen LogP contribution in [0.3, 0.4) is 0 Å². The third kappa shape index (κ3) is 4.59. The lowest BCUT2D eigenvalue weighted by atomic mass is 10.1. The Morgan fingerprint density at radius 2 is 1.76 bits per heavy atom. The second-order valence-corrected chi connectivity index (χ2v) is 4.34. The van der Waals surface area contributed by atoms with Gasteiger partial charge >= 0.3 is 0 Å². The van der Waals surface area contributed by atoms with Gasteiger partial charge in [0.15, 0.2) is 11.6 Å². The summed E-state index contributed by atoms with van der Waals surface area (Å²) < 4.78 is 31.2. The summed E-state index contributed by atoms with van der Waals surface area (Å²) in [6.07, 6.45) is 0.445. The van der Waals surface area contributed by atoms with E-state index in [9.17, 15) is 8.78 Å². The Morgan fingerprint density at radius 1 is 1.00 bits per heavy atom. The van der Waals surface area contributed by atoms with E-state index in [4.69, 9.17) is 9.84 Å². The molecule has 0 amide bonds. The Labute approximate surface area is 122 Å². The number of benzene rings is 2. The van der Waals surface area contributed by atoms with E-state index in [1.54, 1.807) is 0 Å². The molecule has 0 saturated carbocycles. The molecule has 0 aliphatic carbocycles. The largest absolute Gasteiger partial charge is 0.489 e. The maximum Gasteiger partial charge on any atom is 0.162 e. The minimum Gasteiger partial charge on any atom is -0.489 e. The molecule has 0 saturated heterocycles. The number of aliphatic hydroxyl groups is 1. The molecule has 0 radical (unpaired) electrons. The van der Waals surface area contributed by atoms with Crippen molar-refractivity contribution in [1.29, 1.82) is 0 Å². The van der Waals surface area contributed by atoms with Gasteiger partial charge in [-0.1, -0.05) is 24.0 Å². The van der Waals surface area contributed by atoms with Gasteiger partial charge in [-0.2, -0.15) is 0 Å². The van der Waals surface area contributed by atoms with E-state index in [0.717, 1.165) is 23.3 Å². The van der Waals surface area contributed by atoms with Gasteiger partial charge in [0.2, 0.25) is 0 Å². The number of ether oxygens (including phenoxy) is 1. The van der Waals surface area contributed by atoms with Crippen molar-refractivity contribution in [2.75, 3.05) is 6.61 Å². The van der Waals surface area contributed by atoms with Crippen LogP contribution in [-0.2, 0) is 6.61 Å². The standard InChI is InChI=1S/C17H14F2O2/c18-16-9-8-15(11-17(16)19)21-12-14-6-4-13(5-7-14)3-1-2-10-20/h4-9,11,20H,2,10,12H2. The molecule has 2 aromatic rings. The van der Waals surface area contributed by atoms with Crippen molar-refractivity contribution in [3.63, 3.8) is 0 Å². The van der Waals surface area contributed by atoms with Crippen LogP contribution in [0, 0.1) is 23.5 Å². The Balaban J connectivity index is 1.94. The van der Waals surface area contributed by atoms with Gasteiger partial charge in [-0.3, -0.25) is 0 Å². The number of hydrogen-bond donors (Lipinski definition) is 1. The van der Waals surface area contributed by atoms with Crippen molar-refractivity contribution in [3.05, 3.63) is 65.2 Å². The van der Waals surface area contributed by atoms with E-state index in [1.165, 1.54) is 6.07 Å². The molecule has 0 bridgehead atoms. The minimum atomic E-state index is -0.929. The van der Waals surface area contributed by atoms with Crippen molar-refractivity contribution in [2.45, 2.75) is 13.0 Å². The molecule has 2 aromatic carbocycles. The maximum absolute atomic E-state index is 13.0. The number of rotatable bonds is 4. The highest BCUT2D eigenvalue weighted by atomic mass is 19.2. The van der Waals surface area contributed by atoms with E-state index < -0.39 is 11.6 Å². The van der Waals surface area contributed by atoms with Crippen molar-refractivity contribution in [1.82, 2.24) is 0 Å². The fourth-order valence-corrected chi connectivity index (χ4v) is 1.64. The molecule has 4 heteroatoms. The SMILES string of the molecule is OCCC#Cc1ccc(COc2ccc(F)c(F)c2)cc1. The van der Waals surface area contributed by atoms with Crippen LogP contribution >= 0.6 is 0 Å². The zero-order valence-corrected chi connectivity index (χ0v) is 11.3. The molecule has 0 aliphatic rings. The lowest BCUT2D eigenvalue weighted by molar-refractivity contribution is 0.303. The highest BCUT2D eigenvalue weighted by Gasteiger charge is 2.03. The molecule has 21 heavy (non-hydrogen) atoms. The van der Waals surface area contributed by atoms with Gasteiger partial charge in [0.05, 0.1) is 6.61 Å². The summed E-state index contributed by atoms with van der Waals surface area (Å²) in [4.78, 5) is 0. The molecule has 0 fully saturated rings. The van der Waals surface area contributed by atoms with E-state index in [2.05, 4.69) is 11.8 Å². The third-order valence-electron chi connectivity index (χ3n) is 2.72. The summed E-state index contributed by atoms with van der Waals surface area (Å²) in [5.41, 5.74) is 1.74. The molecule has 1 N–H and O–H groups in total. The average Bonchev–Trinajstić information content (AvgIpc) is 2.50. The summed E-state index contributed by atoms with van der Waals surface area (Å²) in [6, 6.07) is 10.8.